The number of hydrogen-bond donors (Lipinski definition) is 0. The van der Waals surface area contributed by atoms with Crippen LogP contribution in [0.1, 0.15) is 35.4 Å². The minimum atomic E-state index is 0.450. The van der Waals surface area contributed by atoms with Gasteiger partial charge in [-0.25, -0.2) is 4.98 Å². The molecular formula is C14H16N2O. The normalized spacial score (nSPS) is 14.9. The van der Waals surface area contributed by atoms with E-state index in [9.17, 15) is 4.79 Å². The lowest BCUT2D eigenvalue weighted by Crippen LogP contribution is -2.06. The maximum atomic E-state index is 10.7. The first-order valence-electron chi connectivity index (χ1n) is 6.23. The Labute approximate surface area is 100 Å². The van der Waals surface area contributed by atoms with E-state index in [-0.39, 0.29) is 0 Å². The quantitative estimate of drug-likeness (QED) is 0.739. The van der Waals surface area contributed by atoms with Crippen LogP contribution in [0.15, 0.2) is 12.3 Å². The molecule has 1 aliphatic rings. The van der Waals surface area contributed by atoms with E-state index in [4.69, 9.17) is 0 Å². The summed E-state index contributed by atoms with van der Waals surface area (Å²) in [6.07, 6.45) is 8.29. The topological polar surface area (TPSA) is 34.4 Å². The SMILES string of the molecule is Cc1nc2c3c(ccn2c1CC=O)CCCC3. The zero-order chi connectivity index (χ0) is 11.8. The van der Waals surface area contributed by atoms with Crippen LogP contribution in [0.4, 0.5) is 0 Å². The molecule has 0 N–H and O–H groups in total. The average Bonchev–Trinajstić information content (AvgIpc) is 2.67. The molecule has 0 aromatic carbocycles. The van der Waals surface area contributed by atoms with Gasteiger partial charge >= 0.3 is 0 Å². The molecule has 0 aliphatic heterocycles. The highest BCUT2D eigenvalue weighted by Gasteiger charge is 2.16. The predicted octanol–water partition coefficient (Wildman–Crippen LogP) is 2.26. The number of carbonyl (C=O) groups is 1. The Balaban J connectivity index is 2.27. The van der Waals surface area contributed by atoms with Gasteiger partial charge in [0.15, 0.2) is 0 Å². The Morgan fingerprint density at radius 1 is 1.41 bits per heavy atom. The molecule has 1 aliphatic carbocycles. The van der Waals surface area contributed by atoms with E-state index in [2.05, 4.69) is 21.6 Å². The van der Waals surface area contributed by atoms with E-state index >= 15 is 0 Å². The number of imidazole rings is 1. The molecule has 0 saturated heterocycles. The molecule has 0 atom stereocenters. The monoisotopic (exact) mass is 228 g/mol. The number of aldehydes is 1. The minimum absolute atomic E-state index is 0.450. The molecule has 2 aromatic rings. The first kappa shape index (κ1) is 10.5. The van der Waals surface area contributed by atoms with E-state index in [0.29, 0.717) is 6.42 Å². The molecule has 2 heterocycles. The molecule has 0 fully saturated rings. The first-order valence-corrected chi connectivity index (χ1v) is 6.23. The molecule has 88 valence electrons. The molecule has 3 rings (SSSR count). The molecule has 0 saturated carbocycles. The molecule has 3 heteroatoms. The third-order valence-corrected chi connectivity index (χ3v) is 3.69. The summed E-state index contributed by atoms with van der Waals surface area (Å²) < 4.78 is 2.09. The number of aromatic nitrogens is 2. The molecule has 2 aromatic heterocycles. The van der Waals surface area contributed by atoms with Crippen molar-refractivity contribution in [2.24, 2.45) is 0 Å². The lowest BCUT2D eigenvalue weighted by Gasteiger charge is -2.16. The van der Waals surface area contributed by atoms with Crippen molar-refractivity contribution in [1.82, 2.24) is 9.38 Å². The van der Waals surface area contributed by atoms with E-state index < -0.39 is 0 Å². The second kappa shape index (κ2) is 3.99. The number of rotatable bonds is 2. The van der Waals surface area contributed by atoms with Gasteiger partial charge in [0, 0.05) is 12.6 Å². The lowest BCUT2D eigenvalue weighted by molar-refractivity contribution is -0.107. The third kappa shape index (κ3) is 1.57. The van der Waals surface area contributed by atoms with Crippen molar-refractivity contribution in [3.63, 3.8) is 0 Å². The fourth-order valence-electron chi connectivity index (χ4n) is 2.81. The van der Waals surface area contributed by atoms with Crippen molar-refractivity contribution >= 4 is 11.9 Å². The Bertz CT molecular complexity index is 583. The van der Waals surface area contributed by atoms with Gasteiger partial charge in [-0.15, -0.1) is 0 Å². The van der Waals surface area contributed by atoms with Crippen molar-refractivity contribution in [2.45, 2.75) is 39.0 Å². The standard InChI is InChI=1S/C14H16N2O/c1-10-13(7-9-17)16-8-6-11-4-2-3-5-12(11)14(16)15-10/h6,8-9H,2-5,7H2,1H3. The van der Waals surface area contributed by atoms with Crippen LogP contribution >= 0.6 is 0 Å². The first-order chi connectivity index (χ1) is 8.31. The van der Waals surface area contributed by atoms with Gasteiger partial charge in [0.25, 0.3) is 0 Å². The summed E-state index contributed by atoms with van der Waals surface area (Å²) >= 11 is 0. The summed E-state index contributed by atoms with van der Waals surface area (Å²) in [4.78, 5) is 15.4. The average molecular weight is 228 g/mol. The maximum Gasteiger partial charge on any atom is 0.140 e. The van der Waals surface area contributed by atoms with Crippen LogP contribution < -0.4 is 0 Å². The van der Waals surface area contributed by atoms with Crippen LogP contribution in [0.25, 0.3) is 5.65 Å². The lowest BCUT2D eigenvalue weighted by atomic mass is 9.93. The number of hydrogen-bond acceptors (Lipinski definition) is 2. The number of fused-ring (bicyclic) bond motifs is 3. The molecule has 0 radical (unpaired) electrons. The summed E-state index contributed by atoms with van der Waals surface area (Å²) in [5.41, 5.74) is 5.90. The van der Waals surface area contributed by atoms with Crippen LogP contribution in [0.3, 0.4) is 0 Å². The Morgan fingerprint density at radius 2 is 2.24 bits per heavy atom. The van der Waals surface area contributed by atoms with Gasteiger partial charge in [0.1, 0.15) is 11.9 Å². The van der Waals surface area contributed by atoms with Gasteiger partial charge in [-0.05, 0) is 49.8 Å². The van der Waals surface area contributed by atoms with Gasteiger partial charge in [0.05, 0.1) is 11.4 Å². The van der Waals surface area contributed by atoms with Crippen molar-refractivity contribution < 1.29 is 4.79 Å². The van der Waals surface area contributed by atoms with Gasteiger partial charge in [-0.3, -0.25) is 0 Å². The van der Waals surface area contributed by atoms with E-state index in [1.54, 1.807) is 0 Å². The molecule has 0 amide bonds. The van der Waals surface area contributed by atoms with Gasteiger partial charge in [-0.2, -0.15) is 0 Å². The smallest absolute Gasteiger partial charge is 0.140 e. The Morgan fingerprint density at radius 3 is 3.06 bits per heavy atom. The zero-order valence-corrected chi connectivity index (χ0v) is 10.1. The van der Waals surface area contributed by atoms with Gasteiger partial charge in [0.2, 0.25) is 0 Å². The summed E-state index contributed by atoms with van der Waals surface area (Å²) in [5, 5.41) is 0. The largest absolute Gasteiger partial charge is 0.303 e. The summed E-state index contributed by atoms with van der Waals surface area (Å²) in [6.45, 7) is 1.99. The second-order valence-corrected chi connectivity index (χ2v) is 4.73. The molecule has 3 nitrogen and oxygen atoms in total. The van der Waals surface area contributed by atoms with Gasteiger partial charge < -0.3 is 9.20 Å². The maximum absolute atomic E-state index is 10.7. The van der Waals surface area contributed by atoms with Gasteiger partial charge in [-0.1, -0.05) is 0 Å². The van der Waals surface area contributed by atoms with Crippen LogP contribution in [0.5, 0.6) is 0 Å². The van der Waals surface area contributed by atoms with E-state index in [1.165, 1.54) is 30.4 Å². The van der Waals surface area contributed by atoms with E-state index in [0.717, 1.165) is 29.7 Å². The molecular weight excluding hydrogens is 212 g/mol. The molecule has 0 unspecified atom stereocenters. The highest BCUT2D eigenvalue weighted by molar-refractivity contribution is 5.60. The number of pyridine rings is 1. The molecule has 0 spiro atoms. The van der Waals surface area contributed by atoms with Crippen molar-refractivity contribution in [3.05, 3.63) is 34.8 Å². The van der Waals surface area contributed by atoms with Crippen molar-refractivity contribution in [1.29, 1.82) is 0 Å². The fraction of sp³-hybridized carbons (Fsp3) is 0.429. The van der Waals surface area contributed by atoms with Crippen LogP contribution in [-0.2, 0) is 24.1 Å². The number of aryl methyl sites for hydroxylation is 3. The summed E-state index contributed by atoms with van der Waals surface area (Å²) in [6, 6.07) is 2.19. The minimum Gasteiger partial charge on any atom is -0.303 e. The predicted molar refractivity (Wildman–Crippen MR) is 66.3 cm³/mol. The van der Waals surface area contributed by atoms with E-state index in [1.807, 2.05) is 6.92 Å². The second-order valence-electron chi connectivity index (χ2n) is 4.73. The molecule has 17 heavy (non-hydrogen) atoms. The summed E-state index contributed by atoms with van der Waals surface area (Å²) in [5.74, 6) is 0. The van der Waals surface area contributed by atoms with Crippen molar-refractivity contribution in [2.75, 3.05) is 0 Å². The number of carbonyl (C=O) groups excluding carboxylic acids is 1. The van der Waals surface area contributed by atoms with Crippen LogP contribution in [-0.4, -0.2) is 15.7 Å². The van der Waals surface area contributed by atoms with Crippen LogP contribution in [0, 0.1) is 6.92 Å². The molecule has 0 bridgehead atoms. The highest BCUT2D eigenvalue weighted by Crippen LogP contribution is 2.26. The van der Waals surface area contributed by atoms with Crippen molar-refractivity contribution in [3.8, 4) is 0 Å². The third-order valence-electron chi connectivity index (χ3n) is 3.69. The summed E-state index contributed by atoms with van der Waals surface area (Å²) in [7, 11) is 0. The number of nitrogens with zero attached hydrogens (tertiary/aromatic N) is 2. The highest BCUT2D eigenvalue weighted by atomic mass is 16.1. The Hall–Kier alpha value is -1.64. The zero-order valence-electron chi connectivity index (χ0n) is 10.1. The Kier molecular flexibility index (Phi) is 2.46. The van der Waals surface area contributed by atoms with Crippen LogP contribution in [0.2, 0.25) is 0 Å². The fourth-order valence-corrected chi connectivity index (χ4v) is 2.81.